The van der Waals surface area contributed by atoms with Gasteiger partial charge in [-0.05, 0) is 12.5 Å². The van der Waals surface area contributed by atoms with Crippen molar-refractivity contribution in [2.75, 3.05) is 0 Å². The maximum atomic E-state index is 5.73. The monoisotopic (exact) mass is 248 g/mol. The van der Waals surface area contributed by atoms with E-state index in [1.165, 1.54) is 0 Å². The van der Waals surface area contributed by atoms with Crippen LogP contribution in [0.3, 0.4) is 0 Å². The highest BCUT2D eigenvalue weighted by Crippen LogP contribution is 2.23. The number of aryl methyl sites for hydroxylation is 1. The molecule has 1 aromatic rings. The van der Waals surface area contributed by atoms with Gasteiger partial charge < -0.3 is 0 Å². The zero-order chi connectivity index (χ0) is 10.7. The maximum absolute atomic E-state index is 5.73. The molecule has 2 nitrogen and oxygen atoms in total. The second kappa shape index (κ2) is 4.78. The summed E-state index contributed by atoms with van der Waals surface area (Å²) in [6, 6.07) is 1.61. The highest BCUT2D eigenvalue weighted by Gasteiger charge is 2.02. The van der Waals surface area contributed by atoms with Crippen molar-refractivity contribution in [3.05, 3.63) is 34.6 Å². The first kappa shape index (κ1) is 11.5. The Balaban J connectivity index is 3.13. The SMILES string of the molecule is C=C(Cl)C(Cl)=Nc1cc(Cl)ncc1C. The number of aromatic nitrogens is 1. The van der Waals surface area contributed by atoms with E-state index in [1.807, 2.05) is 6.92 Å². The van der Waals surface area contributed by atoms with Crippen LogP contribution < -0.4 is 0 Å². The zero-order valence-electron chi connectivity index (χ0n) is 7.39. The predicted molar refractivity (Wildman–Crippen MR) is 61.9 cm³/mol. The van der Waals surface area contributed by atoms with Gasteiger partial charge in [-0.1, -0.05) is 41.4 Å². The number of halogens is 3. The lowest BCUT2D eigenvalue weighted by Gasteiger charge is -2.00. The molecule has 0 saturated heterocycles. The molecule has 0 bridgehead atoms. The van der Waals surface area contributed by atoms with Crippen LogP contribution in [0.1, 0.15) is 5.56 Å². The van der Waals surface area contributed by atoms with Crippen molar-refractivity contribution in [2.45, 2.75) is 6.92 Å². The fourth-order valence-corrected chi connectivity index (χ4v) is 1.06. The van der Waals surface area contributed by atoms with Crippen molar-refractivity contribution in [2.24, 2.45) is 4.99 Å². The van der Waals surface area contributed by atoms with Crippen molar-refractivity contribution in [1.82, 2.24) is 4.98 Å². The normalized spacial score (nSPS) is 11.6. The molecule has 0 amide bonds. The highest BCUT2D eigenvalue weighted by molar-refractivity contribution is 6.76. The molecule has 0 atom stereocenters. The van der Waals surface area contributed by atoms with Gasteiger partial charge in [0.05, 0.1) is 10.7 Å². The van der Waals surface area contributed by atoms with E-state index >= 15 is 0 Å². The lowest BCUT2D eigenvalue weighted by atomic mass is 10.3. The van der Waals surface area contributed by atoms with Crippen molar-refractivity contribution < 1.29 is 0 Å². The predicted octanol–water partition coefficient (Wildman–Crippen LogP) is 4.06. The Morgan fingerprint density at radius 3 is 2.71 bits per heavy atom. The van der Waals surface area contributed by atoms with E-state index in [4.69, 9.17) is 34.8 Å². The van der Waals surface area contributed by atoms with E-state index in [1.54, 1.807) is 12.3 Å². The van der Waals surface area contributed by atoms with E-state index in [-0.39, 0.29) is 10.2 Å². The summed E-state index contributed by atoms with van der Waals surface area (Å²) in [4.78, 5) is 7.93. The minimum atomic E-state index is 0.150. The zero-order valence-corrected chi connectivity index (χ0v) is 9.66. The number of hydrogen-bond acceptors (Lipinski definition) is 2. The molecule has 0 aromatic carbocycles. The molecule has 1 rings (SSSR count). The summed E-state index contributed by atoms with van der Waals surface area (Å²) < 4.78 is 0. The quantitative estimate of drug-likeness (QED) is 0.573. The average Bonchev–Trinajstić information content (AvgIpc) is 2.11. The Bertz CT molecular complexity index is 399. The molecule has 0 saturated carbocycles. The summed E-state index contributed by atoms with van der Waals surface area (Å²) in [6.45, 7) is 5.31. The summed E-state index contributed by atoms with van der Waals surface area (Å²) >= 11 is 17.0. The third-order valence-electron chi connectivity index (χ3n) is 1.48. The molecule has 0 fully saturated rings. The molecule has 1 aromatic heterocycles. The smallest absolute Gasteiger partial charge is 0.147 e. The summed E-state index contributed by atoms with van der Waals surface area (Å²) in [6.07, 6.45) is 1.61. The van der Waals surface area contributed by atoms with Gasteiger partial charge in [0.2, 0.25) is 0 Å². The molecule has 0 N–H and O–H groups in total. The largest absolute Gasteiger partial charge is 0.244 e. The summed E-state index contributed by atoms with van der Waals surface area (Å²) in [5.74, 6) is 0. The second-order valence-electron chi connectivity index (χ2n) is 2.60. The average molecular weight is 250 g/mol. The molecular weight excluding hydrogens is 242 g/mol. The van der Waals surface area contributed by atoms with Gasteiger partial charge in [-0.25, -0.2) is 9.98 Å². The fourth-order valence-electron chi connectivity index (χ4n) is 0.775. The molecule has 0 aliphatic heterocycles. The Labute approximate surface area is 97.2 Å². The van der Waals surface area contributed by atoms with Crippen LogP contribution in [0.5, 0.6) is 0 Å². The van der Waals surface area contributed by atoms with Crippen LogP contribution in [0.4, 0.5) is 5.69 Å². The van der Waals surface area contributed by atoms with Gasteiger partial charge in [-0.2, -0.15) is 0 Å². The minimum Gasteiger partial charge on any atom is -0.244 e. The number of aliphatic imine (C=N–C) groups is 1. The first-order chi connectivity index (χ1) is 6.50. The van der Waals surface area contributed by atoms with Gasteiger partial charge in [0.15, 0.2) is 0 Å². The molecule has 0 aliphatic rings. The van der Waals surface area contributed by atoms with Gasteiger partial charge in [0.1, 0.15) is 10.3 Å². The van der Waals surface area contributed by atoms with Gasteiger partial charge >= 0.3 is 0 Å². The molecule has 0 unspecified atom stereocenters. The molecule has 0 aliphatic carbocycles. The third-order valence-corrected chi connectivity index (χ3v) is 2.28. The highest BCUT2D eigenvalue weighted by atomic mass is 35.5. The van der Waals surface area contributed by atoms with Crippen molar-refractivity contribution >= 4 is 45.7 Å². The van der Waals surface area contributed by atoms with E-state index in [0.717, 1.165) is 5.56 Å². The molecule has 74 valence electrons. The molecule has 14 heavy (non-hydrogen) atoms. The lowest BCUT2D eigenvalue weighted by molar-refractivity contribution is 1.25. The van der Waals surface area contributed by atoms with Crippen LogP contribution in [0.15, 0.2) is 28.9 Å². The van der Waals surface area contributed by atoms with Gasteiger partial charge in [0.25, 0.3) is 0 Å². The molecule has 0 spiro atoms. The van der Waals surface area contributed by atoms with Crippen LogP contribution >= 0.6 is 34.8 Å². The van der Waals surface area contributed by atoms with Crippen molar-refractivity contribution in [3.63, 3.8) is 0 Å². The maximum Gasteiger partial charge on any atom is 0.147 e. The van der Waals surface area contributed by atoms with E-state index in [0.29, 0.717) is 10.8 Å². The van der Waals surface area contributed by atoms with Crippen LogP contribution in [-0.2, 0) is 0 Å². The van der Waals surface area contributed by atoms with Crippen molar-refractivity contribution in [1.29, 1.82) is 0 Å². The minimum absolute atomic E-state index is 0.150. The van der Waals surface area contributed by atoms with E-state index < -0.39 is 0 Å². The molecule has 0 radical (unpaired) electrons. The second-order valence-corrected chi connectivity index (χ2v) is 3.80. The van der Waals surface area contributed by atoms with Crippen LogP contribution in [0.25, 0.3) is 0 Å². The summed E-state index contributed by atoms with van der Waals surface area (Å²) in [5, 5.41) is 0.704. The van der Waals surface area contributed by atoms with Crippen molar-refractivity contribution in [3.8, 4) is 0 Å². The lowest BCUT2D eigenvalue weighted by Crippen LogP contribution is -1.86. The molecule has 5 heteroatoms. The van der Waals surface area contributed by atoms with E-state index in [9.17, 15) is 0 Å². The Morgan fingerprint density at radius 1 is 1.50 bits per heavy atom. The number of rotatable bonds is 2. The van der Waals surface area contributed by atoms with Crippen LogP contribution in [-0.4, -0.2) is 10.2 Å². The van der Waals surface area contributed by atoms with Crippen LogP contribution in [0, 0.1) is 6.92 Å². The molecule has 1 heterocycles. The van der Waals surface area contributed by atoms with Gasteiger partial charge in [-0.15, -0.1) is 0 Å². The number of hydrogen-bond donors (Lipinski definition) is 0. The Hall–Kier alpha value is -0.570. The number of nitrogens with zero attached hydrogens (tertiary/aromatic N) is 2. The van der Waals surface area contributed by atoms with Gasteiger partial charge in [-0.3, -0.25) is 0 Å². The first-order valence-electron chi connectivity index (χ1n) is 3.72. The first-order valence-corrected chi connectivity index (χ1v) is 4.85. The van der Waals surface area contributed by atoms with Crippen LogP contribution in [0.2, 0.25) is 5.15 Å². The summed E-state index contributed by atoms with van der Waals surface area (Å²) in [7, 11) is 0. The topological polar surface area (TPSA) is 25.2 Å². The number of allylic oxidation sites excluding steroid dienone is 1. The number of pyridine rings is 1. The third kappa shape index (κ3) is 2.98. The molecular formula is C9H7Cl3N2. The summed E-state index contributed by atoms with van der Waals surface area (Å²) in [5.41, 5.74) is 1.50. The van der Waals surface area contributed by atoms with Gasteiger partial charge in [0, 0.05) is 12.3 Å². The van der Waals surface area contributed by atoms with E-state index in [2.05, 4.69) is 16.6 Å². The fraction of sp³-hybridized carbons (Fsp3) is 0.111. The Kier molecular flexibility index (Phi) is 3.93. The Morgan fingerprint density at radius 2 is 2.14 bits per heavy atom. The standard InChI is InChI=1S/C9H7Cl3N2/c1-5-4-13-8(11)3-7(5)14-9(12)6(2)10/h3-4H,2H2,1H3.